The number of nitrogens with zero attached hydrogens (tertiary/aromatic N) is 1. The van der Waals surface area contributed by atoms with Gasteiger partial charge < -0.3 is 19.5 Å². The molecule has 0 aromatic heterocycles. The smallest absolute Gasteiger partial charge is 0.387 e. The zero-order valence-electron chi connectivity index (χ0n) is 11.4. The summed E-state index contributed by atoms with van der Waals surface area (Å²) in [5.74, 6) is -0.0688. The van der Waals surface area contributed by atoms with Gasteiger partial charge in [-0.3, -0.25) is 4.79 Å². The fourth-order valence-electron chi connectivity index (χ4n) is 2.20. The van der Waals surface area contributed by atoms with E-state index in [1.54, 1.807) is 17.0 Å². The molecule has 5 nitrogen and oxygen atoms in total. The van der Waals surface area contributed by atoms with Crippen molar-refractivity contribution in [2.75, 3.05) is 26.4 Å². The summed E-state index contributed by atoms with van der Waals surface area (Å²) < 4.78 is 33.5. The first-order valence-corrected chi connectivity index (χ1v) is 6.62. The molecule has 1 atom stereocenters. The number of halogens is 2. The van der Waals surface area contributed by atoms with E-state index in [0.717, 1.165) is 0 Å². The number of hydrogen-bond donors (Lipinski definition) is 1. The molecule has 0 saturated carbocycles. The van der Waals surface area contributed by atoms with Crippen molar-refractivity contribution in [3.63, 3.8) is 0 Å². The first-order valence-electron chi connectivity index (χ1n) is 6.62. The maximum atomic E-state index is 12.2. The Hall–Kier alpha value is -1.73. The van der Waals surface area contributed by atoms with Crippen LogP contribution in [-0.2, 0) is 16.0 Å². The molecular formula is C14H17F2NO4. The highest BCUT2D eigenvalue weighted by molar-refractivity contribution is 5.79. The van der Waals surface area contributed by atoms with Gasteiger partial charge in [-0.15, -0.1) is 0 Å². The average molecular weight is 301 g/mol. The number of alkyl halides is 2. The van der Waals surface area contributed by atoms with E-state index in [0.29, 0.717) is 25.3 Å². The first kappa shape index (κ1) is 15.7. The van der Waals surface area contributed by atoms with E-state index in [2.05, 4.69) is 4.74 Å². The topological polar surface area (TPSA) is 59.0 Å². The van der Waals surface area contributed by atoms with Gasteiger partial charge in [-0.05, 0) is 17.7 Å². The van der Waals surface area contributed by atoms with E-state index < -0.39 is 6.61 Å². The second kappa shape index (κ2) is 7.33. The van der Waals surface area contributed by atoms with Crippen LogP contribution in [0.1, 0.15) is 5.56 Å². The van der Waals surface area contributed by atoms with Crippen LogP contribution in [-0.4, -0.2) is 54.9 Å². The second-order valence-electron chi connectivity index (χ2n) is 4.70. The van der Waals surface area contributed by atoms with Gasteiger partial charge in [0.05, 0.1) is 32.3 Å². The minimum atomic E-state index is -2.86. The van der Waals surface area contributed by atoms with Crippen molar-refractivity contribution in [3.05, 3.63) is 29.8 Å². The highest BCUT2D eigenvalue weighted by Crippen LogP contribution is 2.16. The Kier molecular flexibility index (Phi) is 5.46. The summed E-state index contributed by atoms with van der Waals surface area (Å²) in [7, 11) is 0. The molecule has 2 rings (SSSR count). The molecule has 0 aliphatic carbocycles. The quantitative estimate of drug-likeness (QED) is 0.883. The summed E-state index contributed by atoms with van der Waals surface area (Å²) in [5, 5.41) is 9.24. The Bertz CT molecular complexity index is 467. The average Bonchev–Trinajstić information content (AvgIpc) is 2.48. The highest BCUT2D eigenvalue weighted by atomic mass is 19.3. The van der Waals surface area contributed by atoms with Crippen LogP contribution in [0.25, 0.3) is 0 Å². The van der Waals surface area contributed by atoms with E-state index >= 15 is 0 Å². The van der Waals surface area contributed by atoms with Crippen LogP contribution in [0.4, 0.5) is 8.78 Å². The van der Waals surface area contributed by atoms with Crippen molar-refractivity contribution in [3.8, 4) is 5.75 Å². The third-order valence-electron chi connectivity index (χ3n) is 3.26. The third kappa shape index (κ3) is 4.37. The monoisotopic (exact) mass is 301 g/mol. The van der Waals surface area contributed by atoms with Gasteiger partial charge in [0.15, 0.2) is 0 Å². The van der Waals surface area contributed by atoms with Gasteiger partial charge in [0.2, 0.25) is 5.91 Å². The van der Waals surface area contributed by atoms with Gasteiger partial charge in [0.25, 0.3) is 0 Å². The first-order chi connectivity index (χ1) is 10.1. The van der Waals surface area contributed by atoms with E-state index in [4.69, 9.17) is 4.74 Å². The molecule has 0 radical (unpaired) electrons. The summed E-state index contributed by atoms with van der Waals surface area (Å²) in [5.41, 5.74) is 0.699. The molecule has 1 N–H and O–H groups in total. The van der Waals surface area contributed by atoms with Crippen molar-refractivity contribution < 1.29 is 28.2 Å². The fourth-order valence-corrected chi connectivity index (χ4v) is 2.20. The molecule has 1 unspecified atom stereocenters. The van der Waals surface area contributed by atoms with E-state index in [1.807, 2.05) is 0 Å². The number of hydrogen-bond acceptors (Lipinski definition) is 4. The van der Waals surface area contributed by atoms with Gasteiger partial charge in [-0.1, -0.05) is 12.1 Å². The second-order valence-corrected chi connectivity index (χ2v) is 4.70. The third-order valence-corrected chi connectivity index (χ3v) is 3.26. The predicted octanol–water partition coefficient (Wildman–Crippen LogP) is 1.05. The predicted molar refractivity (Wildman–Crippen MR) is 70.2 cm³/mol. The lowest BCUT2D eigenvalue weighted by Gasteiger charge is -2.34. The van der Waals surface area contributed by atoms with Gasteiger partial charge in [0, 0.05) is 6.54 Å². The van der Waals surface area contributed by atoms with Crippen LogP contribution in [0, 0.1) is 0 Å². The van der Waals surface area contributed by atoms with Crippen LogP contribution >= 0.6 is 0 Å². The summed E-state index contributed by atoms with van der Waals surface area (Å²) >= 11 is 0. The maximum absolute atomic E-state index is 12.2. The normalized spacial score (nSPS) is 18.9. The molecule has 1 aromatic rings. The van der Waals surface area contributed by atoms with Gasteiger partial charge >= 0.3 is 6.61 Å². The minimum absolute atomic E-state index is 0.0563. The largest absolute Gasteiger partial charge is 0.435 e. The summed E-state index contributed by atoms with van der Waals surface area (Å²) in [4.78, 5) is 13.8. The van der Waals surface area contributed by atoms with Gasteiger partial charge in [-0.2, -0.15) is 8.78 Å². The Labute approximate surface area is 121 Å². The standard InChI is InChI=1S/C14H17F2NO4/c15-14(16)21-12-3-1-10(2-4-12)7-13(19)17-5-6-20-9-11(17)8-18/h1-4,11,14,18H,5-9H2. The van der Waals surface area contributed by atoms with Crippen molar-refractivity contribution in [1.82, 2.24) is 4.90 Å². The number of ether oxygens (including phenoxy) is 2. The zero-order valence-corrected chi connectivity index (χ0v) is 11.4. The lowest BCUT2D eigenvalue weighted by atomic mass is 10.1. The number of morpholine rings is 1. The molecule has 116 valence electrons. The molecule has 21 heavy (non-hydrogen) atoms. The van der Waals surface area contributed by atoms with Crippen LogP contribution in [0.2, 0.25) is 0 Å². The van der Waals surface area contributed by atoms with E-state index in [-0.39, 0.29) is 30.7 Å². The summed E-state index contributed by atoms with van der Waals surface area (Å²) in [6, 6.07) is 5.62. The van der Waals surface area contributed by atoms with E-state index in [1.165, 1.54) is 12.1 Å². The molecule has 1 amide bonds. The Morgan fingerprint density at radius 2 is 2.14 bits per heavy atom. The van der Waals surface area contributed by atoms with Crippen LogP contribution in [0.3, 0.4) is 0 Å². The number of carbonyl (C=O) groups is 1. The molecule has 1 aliphatic rings. The molecule has 1 saturated heterocycles. The lowest BCUT2D eigenvalue weighted by molar-refractivity contribution is -0.140. The van der Waals surface area contributed by atoms with Crippen LogP contribution in [0.5, 0.6) is 5.75 Å². The Morgan fingerprint density at radius 3 is 2.76 bits per heavy atom. The van der Waals surface area contributed by atoms with Gasteiger partial charge in [-0.25, -0.2) is 0 Å². The van der Waals surface area contributed by atoms with E-state index in [9.17, 15) is 18.7 Å². The number of amides is 1. The molecule has 0 bridgehead atoms. The molecule has 1 fully saturated rings. The minimum Gasteiger partial charge on any atom is -0.435 e. The molecule has 1 aliphatic heterocycles. The highest BCUT2D eigenvalue weighted by Gasteiger charge is 2.26. The molecular weight excluding hydrogens is 284 g/mol. The SMILES string of the molecule is O=C(Cc1ccc(OC(F)F)cc1)N1CCOCC1CO. The van der Waals surface area contributed by atoms with Crippen molar-refractivity contribution in [2.45, 2.75) is 19.1 Å². The van der Waals surface area contributed by atoms with Gasteiger partial charge in [0.1, 0.15) is 5.75 Å². The summed E-state index contributed by atoms with van der Waals surface area (Å²) in [6.45, 7) is -1.80. The number of benzene rings is 1. The molecule has 0 spiro atoms. The number of rotatable bonds is 5. The molecule has 1 aromatic carbocycles. The van der Waals surface area contributed by atoms with Crippen LogP contribution in [0.15, 0.2) is 24.3 Å². The maximum Gasteiger partial charge on any atom is 0.387 e. The number of aliphatic hydroxyl groups is 1. The number of aliphatic hydroxyl groups excluding tert-OH is 1. The lowest BCUT2D eigenvalue weighted by Crippen LogP contribution is -2.51. The zero-order chi connectivity index (χ0) is 15.2. The Morgan fingerprint density at radius 1 is 1.43 bits per heavy atom. The van der Waals surface area contributed by atoms with Crippen LogP contribution < -0.4 is 4.74 Å². The molecule has 1 heterocycles. The fraction of sp³-hybridized carbons (Fsp3) is 0.500. The Balaban J connectivity index is 1.95. The van der Waals surface area contributed by atoms with Crippen molar-refractivity contribution in [2.24, 2.45) is 0 Å². The molecule has 7 heteroatoms. The van der Waals surface area contributed by atoms with Crippen molar-refractivity contribution >= 4 is 5.91 Å². The summed E-state index contributed by atoms with van der Waals surface area (Å²) in [6.07, 6.45) is 0.144. The number of carbonyl (C=O) groups excluding carboxylic acids is 1. The van der Waals surface area contributed by atoms with Crippen molar-refractivity contribution in [1.29, 1.82) is 0 Å².